The van der Waals surface area contributed by atoms with Gasteiger partial charge in [0.1, 0.15) is 0 Å². The number of halogens is 1. The Morgan fingerprint density at radius 3 is 2.57 bits per heavy atom. The SMILES string of the molecule is NC(=O)CCN1CCN(CCO[C@H]2Cc3cc(Cl)ccc3Sc3ccccc32)CC1. The molecule has 2 aromatic carbocycles. The number of carbonyl (C=O) groups is 1. The van der Waals surface area contributed by atoms with Gasteiger partial charge in [-0.3, -0.25) is 9.69 Å². The van der Waals surface area contributed by atoms with E-state index in [4.69, 9.17) is 22.1 Å². The summed E-state index contributed by atoms with van der Waals surface area (Å²) in [6.07, 6.45) is 1.30. The first kappa shape index (κ1) is 21.7. The van der Waals surface area contributed by atoms with Gasteiger partial charge in [0.2, 0.25) is 5.91 Å². The first-order valence-electron chi connectivity index (χ1n) is 10.5. The smallest absolute Gasteiger partial charge is 0.218 e. The lowest BCUT2D eigenvalue weighted by Crippen LogP contribution is -2.47. The van der Waals surface area contributed by atoms with Crippen LogP contribution in [0.1, 0.15) is 23.7 Å². The van der Waals surface area contributed by atoms with Crippen molar-refractivity contribution in [3.05, 3.63) is 58.6 Å². The molecule has 2 aliphatic heterocycles. The lowest BCUT2D eigenvalue weighted by atomic mass is 10.0. The number of hydrogen-bond acceptors (Lipinski definition) is 5. The number of amides is 1. The van der Waals surface area contributed by atoms with Crippen molar-refractivity contribution < 1.29 is 9.53 Å². The topological polar surface area (TPSA) is 58.8 Å². The maximum Gasteiger partial charge on any atom is 0.218 e. The van der Waals surface area contributed by atoms with Gasteiger partial charge in [0, 0.05) is 66.9 Å². The van der Waals surface area contributed by atoms with Gasteiger partial charge >= 0.3 is 0 Å². The van der Waals surface area contributed by atoms with E-state index in [1.807, 2.05) is 6.07 Å². The molecule has 1 fully saturated rings. The third-order valence-electron chi connectivity index (χ3n) is 5.78. The van der Waals surface area contributed by atoms with Gasteiger partial charge in [-0.1, -0.05) is 41.6 Å². The molecule has 2 aliphatic rings. The monoisotopic (exact) mass is 445 g/mol. The molecule has 0 unspecified atom stereocenters. The molecule has 0 radical (unpaired) electrons. The second-order valence-corrected chi connectivity index (χ2v) is 9.38. The van der Waals surface area contributed by atoms with Crippen LogP contribution in [0.15, 0.2) is 52.3 Å². The molecule has 4 rings (SSSR count). The summed E-state index contributed by atoms with van der Waals surface area (Å²) in [6, 6.07) is 14.7. The predicted molar refractivity (Wildman–Crippen MR) is 121 cm³/mol. The van der Waals surface area contributed by atoms with Crippen LogP contribution in [0.2, 0.25) is 5.02 Å². The zero-order chi connectivity index (χ0) is 20.9. The Labute approximate surface area is 187 Å². The van der Waals surface area contributed by atoms with E-state index < -0.39 is 0 Å². The van der Waals surface area contributed by atoms with Crippen LogP contribution in [-0.2, 0) is 16.0 Å². The number of carbonyl (C=O) groups excluding carboxylic acids is 1. The van der Waals surface area contributed by atoms with Crippen molar-refractivity contribution in [2.24, 2.45) is 5.73 Å². The number of nitrogens with zero attached hydrogens (tertiary/aromatic N) is 2. The fourth-order valence-corrected chi connectivity index (χ4v) is 5.36. The van der Waals surface area contributed by atoms with Gasteiger partial charge in [0.05, 0.1) is 12.7 Å². The molecule has 0 bridgehead atoms. The minimum Gasteiger partial charge on any atom is -0.372 e. The lowest BCUT2D eigenvalue weighted by molar-refractivity contribution is -0.118. The van der Waals surface area contributed by atoms with E-state index in [-0.39, 0.29) is 12.0 Å². The minimum absolute atomic E-state index is 0.0327. The molecule has 0 saturated carbocycles. The minimum atomic E-state index is -0.226. The molecule has 1 saturated heterocycles. The van der Waals surface area contributed by atoms with Crippen LogP contribution < -0.4 is 5.73 Å². The van der Waals surface area contributed by atoms with Crippen LogP contribution in [0.4, 0.5) is 0 Å². The Balaban J connectivity index is 1.33. The number of nitrogens with two attached hydrogens (primary N) is 1. The Kier molecular flexibility index (Phi) is 7.33. The number of primary amides is 1. The van der Waals surface area contributed by atoms with E-state index >= 15 is 0 Å². The third-order valence-corrected chi connectivity index (χ3v) is 7.22. The Hall–Kier alpha value is -1.57. The van der Waals surface area contributed by atoms with Crippen LogP contribution in [-0.4, -0.2) is 61.6 Å². The van der Waals surface area contributed by atoms with Crippen molar-refractivity contribution in [2.45, 2.75) is 28.7 Å². The largest absolute Gasteiger partial charge is 0.372 e. The number of ether oxygens (including phenoxy) is 1. The standard InChI is InChI=1S/C23H28ClN3O2S/c24-18-5-6-21-17(15-18)16-20(19-3-1-2-4-22(19)30-21)29-14-13-27-11-9-26(10-12-27)8-7-23(25)28/h1-6,15,20H,7-14,16H2,(H2,25,28)/t20-/m0/s1. The summed E-state index contributed by atoms with van der Waals surface area (Å²) in [7, 11) is 0. The van der Waals surface area contributed by atoms with Crippen molar-refractivity contribution in [3.63, 3.8) is 0 Å². The fourth-order valence-electron chi connectivity index (χ4n) is 4.05. The van der Waals surface area contributed by atoms with Crippen LogP contribution >= 0.6 is 23.4 Å². The Bertz CT molecular complexity index is 887. The molecule has 7 heteroatoms. The molecule has 5 nitrogen and oxygen atoms in total. The quantitative estimate of drug-likeness (QED) is 0.705. The van der Waals surface area contributed by atoms with Crippen molar-refractivity contribution in [3.8, 4) is 0 Å². The second-order valence-electron chi connectivity index (χ2n) is 7.86. The summed E-state index contributed by atoms with van der Waals surface area (Å²) >= 11 is 8.06. The molecule has 30 heavy (non-hydrogen) atoms. The highest BCUT2D eigenvalue weighted by Gasteiger charge is 2.24. The van der Waals surface area contributed by atoms with Crippen LogP contribution in [0.3, 0.4) is 0 Å². The zero-order valence-electron chi connectivity index (χ0n) is 17.1. The van der Waals surface area contributed by atoms with Crippen molar-refractivity contribution in [2.75, 3.05) is 45.9 Å². The number of benzene rings is 2. The van der Waals surface area contributed by atoms with E-state index in [2.05, 4.69) is 46.2 Å². The van der Waals surface area contributed by atoms with E-state index in [1.54, 1.807) is 11.8 Å². The van der Waals surface area contributed by atoms with E-state index in [9.17, 15) is 4.79 Å². The van der Waals surface area contributed by atoms with Gasteiger partial charge in [0.25, 0.3) is 0 Å². The van der Waals surface area contributed by atoms with Gasteiger partial charge in [-0.2, -0.15) is 0 Å². The summed E-state index contributed by atoms with van der Waals surface area (Å²) < 4.78 is 6.42. The summed E-state index contributed by atoms with van der Waals surface area (Å²) in [4.78, 5) is 18.2. The molecule has 1 amide bonds. The summed E-state index contributed by atoms with van der Waals surface area (Å²) in [6.45, 7) is 6.32. The highest BCUT2D eigenvalue weighted by atomic mass is 35.5. The summed E-state index contributed by atoms with van der Waals surface area (Å²) in [5.74, 6) is -0.226. The zero-order valence-corrected chi connectivity index (χ0v) is 18.6. The maximum atomic E-state index is 11.0. The molecule has 0 aliphatic carbocycles. The third kappa shape index (κ3) is 5.56. The second kappa shape index (κ2) is 10.2. The van der Waals surface area contributed by atoms with Crippen LogP contribution in [0.5, 0.6) is 0 Å². The first-order chi connectivity index (χ1) is 14.6. The van der Waals surface area contributed by atoms with Gasteiger partial charge in [-0.05, 0) is 35.4 Å². The maximum absolute atomic E-state index is 11.0. The van der Waals surface area contributed by atoms with Crippen LogP contribution in [0.25, 0.3) is 0 Å². The number of piperazine rings is 1. The molecular weight excluding hydrogens is 418 g/mol. The van der Waals surface area contributed by atoms with Crippen molar-refractivity contribution >= 4 is 29.3 Å². The highest BCUT2D eigenvalue weighted by Crippen LogP contribution is 2.42. The van der Waals surface area contributed by atoms with Gasteiger partial charge in [-0.25, -0.2) is 0 Å². The number of fused-ring (bicyclic) bond motifs is 2. The molecule has 0 spiro atoms. The number of rotatable bonds is 7. The summed E-state index contributed by atoms with van der Waals surface area (Å²) in [5.41, 5.74) is 7.76. The van der Waals surface area contributed by atoms with Crippen molar-refractivity contribution in [1.82, 2.24) is 9.80 Å². The molecular formula is C23H28ClN3O2S. The van der Waals surface area contributed by atoms with E-state index in [0.717, 1.165) is 50.7 Å². The fraction of sp³-hybridized carbons (Fsp3) is 0.435. The number of hydrogen-bond donors (Lipinski definition) is 1. The van der Waals surface area contributed by atoms with Gasteiger partial charge < -0.3 is 15.4 Å². The molecule has 0 aromatic heterocycles. The van der Waals surface area contributed by atoms with Gasteiger partial charge in [0.15, 0.2) is 0 Å². The summed E-state index contributed by atoms with van der Waals surface area (Å²) in [5, 5.41) is 0.772. The molecule has 1 atom stereocenters. The lowest BCUT2D eigenvalue weighted by Gasteiger charge is -2.34. The molecule has 2 aromatic rings. The van der Waals surface area contributed by atoms with E-state index in [1.165, 1.54) is 20.9 Å². The van der Waals surface area contributed by atoms with E-state index in [0.29, 0.717) is 13.0 Å². The molecule has 2 heterocycles. The molecule has 160 valence electrons. The first-order valence-corrected chi connectivity index (χ1v) is 11.7. The average Bonchev–Trinajstić information content (AvgIpc) is 2.89. The Morgan fingerprint density at radius 2 is 1.80 bits per heavy atom. The van der Waals surface area contributed by atoms with Crippen LogP contribution in [0, 0.1) is 0 Å². The normalized spacial score (nSPS) is 19.7. The average molecular weight is 446 g/mol. The Morgan fingerprint density at radius 1 is 1.07 bits per heavy atom. The molecule has 2 N–H and O–H groups in total. The van der Waals surface area contributed by atoms with Gasteiger partial charge in [-0.15, -0.1) is 0 Å². The predicted octanol–water partition coefficient (Wildman–Crippen LogP) is 3.60. The van der Waals surface area contributed by atoms with Crippen molar-refractivity contribution in [1.29, 1.82) is 0 Å². The highest BCUT2D eigenvalue weighted by molar-refractivity contribution is 7.99.